The number of ether oxygens (including phenoxy) is 2. The third-order valence-electron chi connectivity index (χ3n) is 2.49. The van der Waals surface area contributed by atoms with E-state index in [-0.39, 0.29) is 12.2 Å². The van der Waals surface area contributed by atoms with Gasteiger partial charge < -0.3 is 9.47 Å². The van der Waals surface area contributed by atoms with Crippen LogP contribution in [0.5, 0.6) is 5.75 Å². The molecule has 120 valence electrons. The summed E-state index contributed by atoms with van der Waals surface area (Å²) in [5.41, 5.74) is -2.10. The molecule has 0 amide bonds. The van der Waals surface area contributed by atoms with Crippen molar-refractivity contribution in [2.75, 3.05) is 6.61 Å². The molecule has 0 bridgehead atoms. The summed E-state index contributed by atoms with van der Waals surface area (Å²) in [7, 11) is 0. The quantitative estimate of drug-likeness (QED) is 0.615. The smallest absolute Gasteiger partial charge is 0.466 e. The van der Waals surface area contributed by atoms with E-state index in [0.717, 1.165) is 6.07 Å². The summed E-state index contributed by atoms with van der Waals surface area (Å²) in [6, 6.07) is 2.97. The fourth-order valence-corrected chi connectivity index (χ4v) is 1.72. The Morgan fingerprint density at radius 2 is 2.00 bits per heavy atom. The minimum absolute atomic E-state index is 0.0394. The van der Waals surface area contributed by atoms with E-state index in [4.69, 9.17) is 5.26 Å². The van der Waals surface area contributed by atoms with E-state index < -0.39 is 42.1 Å². The van der Waals surface area contributed by atoms with Gasteiger partial charge in [0.25, 0.3) is 6.43 Å². The Balaban J connectivity index is 3.31. The number of halogens is 5. The molecule has 0 atom stereocenters. The average Bonchev–Trinajstić information content (AvgIpc) is 2.38. The summed E-state index contributed by atoms with van der Waals surface area (Å²) in [4.78, 5) is 11.3. The molecule has 1 aromatic rings. The fraction of sp³-hybridized carbons (Fsp3) is 0.385. The molecule has 0 N–H and O–H groups in total. The van der Waals surface area contributed by atoms with Crippen LogP contribution in [0.15, 0.2) is 12.1 Å². The number of hydrogen-bond donors (Lipinski definition) is 0. The second kappa shape index (κ2) is 7.06. The first-order valence-corrected chi connectivity index (χ1v) is 5.95. The minimum atomic E-state index is -5.18. The normalized spacial score (nSPS) is 11.2. The first-order valence-electron chi connectivity index (χ1n) is 5.95. The van der Waals surface area contributed by atoms with Gasteiger partial charge >= 0.3 is 12.3 Å². The maximum absolute atomic E-state index is 13.0. The predicted molar refractivity (Wildman–Crippen MR) is 63.1 cm³/mol. The van der Waals surface area contributed by atoms with Gasteiger partial charge in [0.15, 0.2) is 0 Å². The topological polar surface area (TPSA) is 59.3 Å². The van der Waals surface area contributed by atoms with E-state index in [1.54, 1.807) is 0 Å². The zero-order valence-electron chi connectivity index (χ0n) is 11.2. The van der Waals surface area contributed by atoms with E-state index in [2.05, 4.69) is 9.47 Å². The van der Waals surface area contributed by atoms with Gasteiger partial charge in [-0.15, -0.1) is 13.2 Å². The molecule has 0 heterocycles. The van der Waals surface area contributed by atoms with Crippen molar-refractivity contribution in [2.24, 2.45) is 0 Å². The molecule has 0 radical (unpaired) electrons. The summed E-state index contributed by atoms with van der Waals surface area (Å²) in [6.45, 7) is 1.56. The minimum Gasteiger partial charge on any atom is -0.466 e. The second-order valence-electron chi connectivity index (χ2n) is 3.95. The molecule has 0 aromatic heterocycles. The molecule has 1 rings (SSSR count). The van der Waals surface area contributed by atoms with Gasteiger partial charge in [0.2, 0.25) is 0 Å². The summed E-state index contributed by atoms with van der Waals surface area (Å²) in [5, 5.41) is 8.94. The van der Waals surface area contributed by atoms with Crippen molar-refractivity contribution in [1.82, 2.24) is 0 Å². The molecule has 0 aliphatic rings. The molecule has 0 fully saturated rings. The van der Waals surface area contributed by atoms with Crippen LogP contribution in [0.4, 0.5) is 22.0 Å². The molecule has 0 spiro atoms. The SMILES string of the molecule is CCOC(=O)Cc1ccc(OC(F)(F)F)c(C(F)F)c1C#N. The van der Waals surface area contributed by atoms with Crippen molar-refractivity contribution in [3.63, 3.8) is 0 Å². The number of benzene rings is 1. The third-order valence-corrected chi connectivity index (χ3v) is 2.49. The summed E-state index contributed by atoms with van der Waals surface area (Å²) in [6.07, 6.45) is -9.07. The number of nitrogens with zero attached hydrogens (tertiary/aromatic N) is 1. The van der Waals surface area contributed by atoms with Crippen LogP contribution in [0.1, 0.15) is 30.0 Å². The number of esters is 1. The number of carbonyl (C=O) groups is 1. The molecule has 9 heteroatoms. The Morgan fingerprint density at radius 1 is 1.36 bits per heavy atom. The van der Waals surface area contributed by atoms with Crippen LogP contribution >= 0.6 is 0 Å². The molecule has 1 aromatic carbocycles. The molecular weight excluding hydrogens is 313 g/mol. The van der Waals surface area contributed by atoms with E-state index in [1.807, 2.05) is 0 Å². The lowest BCUT2D eigenvalue weighted by Gasteiger charge is -2.16. The van der Waals surface area contributed by atoms with Gasteiger partial charge in [-0.25, -0.2) is 8.78 Å². The molecule has 0 aliphatic heterocycles. The molecular formula is C13H10F5NO3. The van der Waals surface area contributed by atoms with Crippen molar-refractivity contribution in [3.05, 3.63) is 28.8 Å². The van der Waals surface area contributed by atoms with Gasteiger partial charge in [-0.2, -0.15) is 5.26 Å². The van der Waals surface area contributed by atoms with E-state index in [0.29, 0.717) is 6.07 Å². The van der Waals surface area contributed by atoms with Crippen LogP contribution in [0, 0.1) is 11.3 Å². The van der Waals surface area contributed by atoms with Crippen molar-refractivity contribution in [1.29, 1.82) is 5.26 Å². The highest BCUT2D eigenvalue weighted by Gasteiger charge is 2.34. The number of carbonyl (C=O) groups excluding carboxylic acids is 1. The zero-order chi connectivity index (χ0) is 16.9. The molecule has 0 aliphatic carbocycles. The van der Waals surface area contributed by atoms with Gasteiger partial charge in [-0.05, 0) is 18.6 Å². The number of alkyl halides is 5. The van der Waals surface area contributed by atoms with Crippen LogP contribution < -0.4 is 4.74 Å². The lowest BCUT2D eigenvalue weighted by atomic mass is 9.99. The monoisotopic (exact) mass is 323 g/mol. The van der Waals surface area contributed by atoms with E-state index >= 15 is 0 Å². The summed E-state index contributed by atoms with van der Waals surface area (Å²) in [5.74, 6) is -1.96. The van der Waals surface area contributed by atoms with Crippen molar-refractivity contribution >= 4 is 5.97 Å². The molecule has 0 saturated carbocycles. The van der Waals surface area contributed by atoms with Gasteiger partial charge in [0.05, 0.1) is 24.2 Å². The van der Waals surface area contributed by atoms with Crippen LogP contribution in [-0.4, -0.2) is 18.9 Å². The first-order chi connectivity index (χ1) is 10.2. The van der Waals surface area contributed by atoms with Crippen LogP contribution in [0.2, 0.25) is 0 Å². The summed E-state index contributed by atoms with van der Waals surface area (Å²) >= 11 is 0. The molecule has 4 nitrogen and oxygen atoms in total. The number of nitriles is 1. The van der Waals surface area contributed by atoms with E-state index in [9.17, 15) is 26.7 Å². The highest BCUT2D eigenvalue weighted by molar-refractivity contribution is 5.74. The van der Waals surface area contributed by atoms with Crippen LogP contribution in [0.25, 0.3) is 0 Å². The van der Waals surface area contributed by atoms with Crippen molar-refractivity contribution < 1.29 is 36.2 Å². The molecule has 0 saturated heterocycles. The second-order valence-corrected chi connectivity index (χ2v) is 3.95. The average molecular weight is 323 g/mol. The Labute approximate surface area is 122 Å². The highest BCUT2D eigenvalue weighted by atomic mass is 19.4. The fourth-order valence-electron chi connectivity index (χ4n) is 1.72. The van der Waals surface area contributed by atoms with Gasteiger partial charge in [0, 0.05) is 0 Å². The Morgan fingerprint density at radius 3 is 2.45 bits per heavy atom. The van der Waals surface area contributed by atoms with Gasteiger partial charge in [-0.1, -0.05) is 6.07 Å². The zero-order valence-corrected chi connectivity index (χ0v) is 11.2. The lowest BCUT2D eigenvalue weighted by molar-refractivity contribution is -0.275. The highest BCUT2D eigenvalue weighted by Crippen LogP contribution is 2.37. The van der Waals surface area contributed by atoms with Gasteiger partial charge in [-0.3, -0.25) is 4.79 Å². The van der Waals surface area contributed by atoms with Crippen molar-refractivity contribution in [2.45, 2.75) is 26.1 Å². The van der Waals surface area contributed by atoms with E-state index in [1.165, 1.54) is 13.0 Å². The lowest BCUT2D eigenvalue weighted by Crippen LogP contribution is -2.19. The predicted octanol–water partition coefficient (Wildman–Crippen LogP) is 3.50. The molecule has 0 unspecified atom stereocenters. The number of hydrogen-bond acceptors (Lipinski definition) is 4. The third kappa shape index (κ3) is 4.58. The van der Waals surface area contributed by atoms with Crippen LogP contribution in [0.3, 0.4) is 0 Å². The number of rotatable bonds is 5. The van der Waals surface area contributed by atoms with Crippen molar-refractivity contribution in [3.8, 4) is 11.8 Å². The standard InChI is InChI=1S/C13H10F5NO3/c1-2-21-10(20)5-7-3-4-9(22-13(16,17)18)11(12(14)15)8(7)6-19/h3-4,12H,2,5H2,1H3. The first kappa shape index (κ1) is 17.7. The van der Waals surface area contributed by atoms with Crippen LogP contribution in [-0.2, 0) is 16.0 Å². The maximum Gasteiger partial charge on any atom is 0.573 e. The summed E-state index contributed by atoms with van der Waals surface area (Å²) < 4.78 is 70.7. The molecule has 22 heavy (non-hydrogen) atoms. The van der Waals surface area contributed by atoms with Gasteiger partial charge in [0.1, 0.15) is 11.8 Å². The Bertz CT molecular complexity index is 593. The largest absolute Gasteiger partial charge is 0.573 e. The Kier molecular flexibility index (Phi) is 5.68. The maximum atomic E-state index is 13.0. The Hall–Kier alpha value is -2.37.